The van der Waals surface area contributed by atoms with Gasteiger partial charge in [-0.25, -0.2) is 4.39 Å². The summed E-state index contributed by atoms with van der Waals surface area (Å²) in [6.07, 6.45) is 0. The first kappa shape index (κ1) is 10.1. The summed E-state index contributed by atoms with van der Waals surface area (Å²) in [5.74, 6) is 0. The highest BCUT2D eigenvalue weighted by molar-refractivity contribution is 7.86. The molecule has 1 N–H and O–H groups in total. The molecular weight excluding hydrogens is 195 g/mol. The molecule has 72 valence electrons. The molecule has 1 unspecified atom stereocenters. The molecule has 0 heterocycles. The average molecular weight is 204 g/mol. The number of halogens is 1. The van der Waals surface area contributed by atoms with E-state index in [1.165, 1.54) is 24.3 Å². The van der Waals surface area contributed by atoms with Crippen LogP contribution in [0.15, 0.2) is 30.3 Å². The minimum atomic E-state index is -4.72. The molecule has 1 atom stereocenters. The molecule has 1 rings (SSSR count). The van der Waals surface area contributed by atoms with Crippen LogP contribution < -0.4 is 0 Å². The lowest BCUT2D eigenvalue weighted by Crippen LogP contribution is -2.26. The highest BCUT2D eigenvalue weighted by Crippen LogP contribution is 2.30. The molecule has 3 nitrogen and oxygen atoms in total. The second-order valence-corrected chi connectivity index (χ2v) is 4.47. The molecule has 0 saturated heterocycles. The van der Waals surface area contributed by atoms with E-state index < -0.39 is 15.1 Å². The lowest BCUT2D eigenvalue weighted by atomic mass is 10.1. The summed E-state index contributed by atoms with van der Waals surface area (Å²) in [6, 6.07) is 7.22. The molecule has 0 aliphatic carbocycles. The van der Waals surface area contributed by atoms with Gasteiger partial charge in [0.2, 0.25) is 0 Å². The third-order valence-corrected chi connectivity index (χ3v) is 2.98. The van der Waals surface area contributed by atoms with E-state index in [4.69, 9.17) is 4.55 Å². The molecule has 1 aromatic rings. The molecule has 1 aromatic carbocycles. The molecule has 5 heteroatoms. The second kappa shape index (κ2) is 3.08. The van der Waals surface area contributed by atoms with Crippen LogP contribution in [0.3, 0.4) is 0 Å². The van der Waals surface area contributed by atoms with E-state index >= 15 is 0 Å². The Bertz CT molecular complexity index is 383. The van der Waals surface area contributed by atoms with Crippen molar-refractivity contribution in [2.24, 2.45) is 0 Å². The van der Waals surface area contributed by atoms with Gasteiger partial charge in [-0.15, -0.1) is 0 Å². The summed E-state index contributed by atoms with van der Waals surface area (Å²) in [7, 11) is -4.72. The maximum atomic E-state index is 13.5. The minimum Gasteiger partial charge on any atom is -0.283 e. The van der Waals surface area contributed by atoms with E-state index in [9.17, 15) is 12.8 Å². The van der Waals surface area contributed by atoms with E-state index in [0.29, 0.717) is 0 Å². The Morgan fingerprint density at radius 3 is 2.15 bits per heavy atom. The summed E-state index contributed by atoms with van der Waals surface area (Å²) < 4.78 is 43.4. The van der Waals surface area contributed by atoms with Gasteiger partial charge in [-0.2, -0.15) is 8.42 Å². The average Bonchev–Trinajstić information content (AvgIpc) is 2.04. The zero-order chi connectivity index (χ0) is 10.1. The lowest BCUT2D eigenvalue weighted by Gasteiger charge is -2.16. The van der Waals surface area contributed by atoms with E-state index in [2.05, 4.69) is 0 Å². The number of rotatable bonds is 2. The SMILES string of the molecule is CC(F)(c1ccccc1)S(=O)(=O)O. The van der Waals surface area contributed by atoms with Crippen LogP contribution in [0.2, 0.25) is 0 Å². The first-order valence-corrected chi connectivity index (χ1v) is 5.01. The maximum Gasteiger partial charge on any atom is 0.304 e. The smallest absolute Gasteiger partial charge is 0.283 e. The minimum absolute atomic E-state index is 0.0856. The van der Waals surface area contributed by atoms with E-state index in [1.807, 2.05) is 0 Å². The van der Waals surface area contributed by atoms with Crippen LogP contribution in [0.25, 0.3) is 0 Å². The Morgan fingerprint density at radius 1 is 1.31 bits per heavy atom. The first-order valence-electron chi connectivity index (χ1n) is 3.57. The van der Waals surface area contributed by atoms with Gasteiger partial charge in [-0.3, -0.25) is 4.55 Å². The Balaban J connectivity index is 3.24. The van der Waals surface area contributed by atoms with E-state index in [0.717, 1.165) is 6.92 Å². The third kappa shape index (κ3) is 1.87. The van der Waals surface area contributed by atoms with Gasteiger partial charge in [-0.05, 0) is 6.92 Å². The molecule has 0 aliphatic rings. The first-order chi connectivity index (χ1) is 5.86. The topological polar surface area (TPSA) is 54.4 Å². The Labute approximate surface area is 76.0 Å². The Morgan fingerprint density at radius 2 is 1.77 bits per heavy atom. The lowest BCUT2D eigenvalue weighted by molar-refractivity contribution is 0.271. The maximum absolute atomic E-state index is 13.5. The molecule has 0 radical (unpaired) electrons. The summed E-state index contributed by atoms with van der Waals surface area (Å²) in [5.41, 5.74) is -0.0856. The van der Waals surface area contributed by atoms with Crippen LogP contribution in [-0.2, 0) is 15.1 Å². The van der Waals surface area contributed by atoms with Crippen molar-refractivity contribution < 1.29 is 17.4 Å². The van der Waals surface area contributed by atoms with Gasteiger partial charge in [0.1, 0.15) is 0 Å². The fraction of sp³-hybridized carbons (Fsp3) is 0.250. The van der Waals surface area contributed by atoms with Crippen molar-refractivity contribution in [1.29, 1.82) is 0 Å². The molecule has 0 spiro atoms. The third-order valence-electron chi connectivity index (χ3n) is 1.77. The quantitative estimate of drug-likeness (QED) is 0.746. The van der Waals surface area contributed by atoms with Crippen LogP contribution in [0.1, 0.15) is 12.5 Å². The van der Waals surface area contributed by atoms with Crippen molar-refractivity contribution in [2.75, 3.05) is 0 Å². The zero-order valence-electron chi connectivity index (χ0n) is 6.94. The number of hydrogen-bond donors (Lipinski definition) is 1. The van der Waals surface area contributed by atoms with Crippen LogP contribution >= 0.6 is 0 Å². The van der Waals surface area contributed by atoms with Crippen LogP contribution in [0.5, 0.6) is 0 Å². The highest BCUT2D eigenvalue weighted by atomic mass is 32.2. The van der Waals surface area contributed by atoms with E-state index in [1.54, 1.807) is 6.07 Å². The molecule has 0 amide bonds. The summed E-state index contributed by atoms with van der Waals surface area (Å²) >= 11 is 0. The largest absolute Gasteiger partial charge is 0.304 e. The molecule has 0 aromatic heterocycles. The van der Waals surface area contributed by atoms with Gasteiger partial charge in [0.05, 0.1) is 0 Å². The van der Waals surface area contributed by atoms with Crippen molar-refractivity contribution in [3.63, 3.8) is 0 Å². The molecule has 0 saturated carbocycles. The summed E-state index contributed by atoms with van der Waals surface area (Å²) in [6.45, 7) is 0.803. The fourth-order valence-corrected chi connectivity index (χ4v) is 1.32. The predicted molar refractivity (Wildman–Crippen MR) is 46.5 cm³/mol. The Hall–Kier alpha value is -0.940. The zero-order valence-corrected chi connectivity index (χ0v) is 7.75. The highest BCUT2D eigenvalue weighted by Gasteiger charge is 2.39. The van der Waals surface area contributed by atoms with Crippen LogP contribution in [0.4, 0.5) is 4.39 Å². The van der Waals surface area contributed by atoms with Gasteiger partial charge >= 0.3 is 10.1 Å². The number of hydrogen-bond acceptors (Lipinski definition) is 2. The van der Waals surface area contributed by atoms with Crippen molar-refractivity contribution in [2.45, 2.75) is 11.9 Å². The normalized spacial score (nSPS) is 16.5. The van der Waals surface area contributed by atoms with Gasteiger partial charge < -0.3 is 0 Å². The van der Waals surface area contributed by atoms with Crippen molar-refractivity contribution in [3.05, 3.63) is 35.9 Å². The molecule has 0 aliphatic heterocycles. The van der Waals surface area contributed by atoms with E-state index in [-0.39, 0.29) is 5.56 Å². The molecule has 13 heavy (non-hydrogen) atoms. The van der Waals surface area contributed by atoms with Crippen molar-refractivity contribution in [1.82, 2.24) is 0 Å². The standard InChI is InChI=1S/C8H9FO3S/c1-8(9,13(10,11)12)7-5-3-2-4-6-7/h2-6H,1H3,(H,10,11,12). The fourth-order valence-electron chi connectivity index (χ4n) is 0.885. The monoisotopic (exact) mass is 204 g/mol. The Kier molecular flexibility index (Phi) is 2.40. The van der Waals surface area contributed by atoms with Crippen LogP contribution in [-0.4, -0.2) is 13.0 Å². The summed E-state index contributed by atoms with van der Waals surface area (Å²) in [5, 5.41) is -2.74. The molecular formula is C8H9FO3S. The number of benzene rings is 1. The van der Waals surface area contributed by atoms with Crippen molar-refractivity contribution in [3.8, 4) is 0 Å². The van der Waals surface area contributed by atoms with Crippen molar-refractivity contribution >= 4 is 10.1 Å². The number of alkyl halides is 1. The van der Waals surface area contributed by atoms with Gasteiger partial charge in [0, 0.05) is 5.56 Å². The predicted octanol–water partition coefficient (Wildman–Crippen LogP) is 1.72. The van der Waals surface area contributed by atoms with Gasteiger partial charge in [-0.1, -0.05) is 30.3 Å². The van der Waals surface area contributed by atoms with Gasteiger partial charge in [0.15, 0.2) is 0 Å². The molecule has 0 bridgehead atoms. The summed E-state index contributed by atoms with van der Waals surface area (Å²) in [4.78, 5) is 0. The van der Waals surface area contributed by atoms with Gasteiger partial charge in [0.25, 0.3) is 5.00 Å². The molecule has 0 fully saturated rings. The van der Waals surface area contributed by atoms with Crippen LogP contribution in [0, 0.1) is 0 Å². The second-order valence-electron chi connectivity index (χ2n) is 2.76.